The summed E-state index contributed by atoms with van der Waals surface area (Å²) in [5.41, 5.74) is 25.5. The van der Waals surface area contributed by atoms with Gasteiger partial charge in [-0.3, -0.25) is 0 Å². The van der Waals surface area contributed by atoms with Crippen molar-refractivity contribution < 1.29 is 4.42 Å². The highest BCUT2D eigenvalue weighted by Crippen LogP contribution is 2.50. The predicted octanol–water partition coefficient (Wildman–Crippen LogP) is 20.1. The molecule has 5 nitrogen and oxygen atoms in total. The van der Waals surface area contributed by atoms with Crippen molar-refractivity contribution in [2.24, 2.45) is 0 Å². The molecule has 2 aromatic heterocycles. The zero-order valence-corrected chi connectivity index (χ0v) is 49.7. The number of anilines is 9. The Morgan fingerprint density at radius 3 is 1.65 bits per heavy atom. The van der Waals surface area contributed by atoms with Gasteiger partial charge in [-0.1, -0.05) is 175 Å². The van der Waals surface area contributed by atoms with E-state index in [1.54, 1.807) is 0 Å². The van der Waals surface area contributed by atoms with E-state index in [0.717, 1.165) is 67.3 Å². The Morgan fingerprint density at radius 1 is 0.400 bits per heavy atom. The van der Waals surface area contributed by atoms with Crippen LogP contribution in [0.15, 0.2) is 235 Å². The van der Waals surface area contributed by atoms with Gasteiger partial charge < -0.3 is 23.7 Å². The van der Waals surface area contributed by atoms with Crippen molar-refractivity contribution in [3.63, 3.8) is 0 Å². The maximum absolute atomic E-state index is 6.64. The van der Waals surface area contributed by atoms with Crippen LogP contribution in [0.25, 0.3) is 71.0 Å². The predicted molar refractivity (Wildman–Crippen MR) is 363 cm³/mol. The smallest absolute Gasteiger partial charge is 0.252 e. The van der Waals surface area contributed by atoms with Gasteiger partial charge in [-0.15, -0.1) is 0 Å². The second-order valence-corrected chi connectivity index (χ2v) is 25.9. The molecule has 0 atom stereocenters. The highest BCUT2D eigenvalue weighted by molar-refractivity contribution is 7.00. The van der Waals surface area contributed by atoms with Crippen LogP contribution in [0.4, 0.5) is 51.2 Å². The summed E-state index contributed by atoms with van der Waals surface area (Å²) >= 11 is 0. The van der Waals surface area contributed by atoms with Crippen LogP contribution in [0.1, 0.15) is 69.4 Å². The van der Waals surface area contributed by atoms with Gasteiger partial charge in [0, 0.05) is 72.7 Å². The third kappa shape index (κ3) is 7.84. The molecule has 16 rings (SSSR count). The summed E-state index contributed by atoms with van der Waals surface area (Å²) < 4.78 is 9.11. The molecule has 410 valence electrons. The topological polar surface area (TPSA) is 27.8 Å². The standard InChI is InChI=1S/C79H65BN4O/c1-48-41-71-76-72(42-48)84(57-37-32-54(33-38-57)79(7,8)9)70-47-68-64(61-23-15-17-25-67(61)82(68)55-20-11-10-12-21-55)46-66(70)80(76)65-40-39-59(45-69(65)83(71)56-35-30-53(31-36-56)78(4,5)6)81(58-34-29-52-28-27-51-19-13-14-22-60(51)63(52)44-58)77-49(2)43-74-75(50(77)3)62-24-16-18-26-73(62)85-74/h10-47H,1-9H3. The quantitative estimate of drug-likeness (QED) is 0.123. The van der Waals surface area contributed by atoms with Gasteiger partial charge in [0.15, 0.2) is 0 Å². The molecule has 0 saturated carbocycles. The molecule has 12 aromatic carbocycles. The van der Waals surface area contributed by atoms with Crippen molar-refractivity contribution in [2.75, 3.05) is 14.7 Å². The minimum absolute atomic E-state index is 0.00362. The van der Waals surface area contributed by atoms with Crippen LogP contribution < -0.4 is 31.1 Å². The molecule has 4 heterocycles. The minimum Gasteiger partial charge on any atom is -0.456 e. The van der Waals surface area contributed by atoms with Gasteiger partial charge in [0.25, 0.3) is 6.71 Å². The molecule has 2 aliphatic rings. The van der Waals surface area contributed by atoms with E-state index < -0.39 is 0 Å². The average Bonchev–Trinajstić information content (AvgIpc) is 1.53. The molecule has 0 bridgehead atoms. The summed E-state index contributed by atoms with van der Waals surface area (Å²) in [5.74, 6) is 0. The van der Waals surface area contributed by atoms with Crippen LogP contribution in [0.3, 0.4) is 0 Å². The maximum Gasteiger partial charge on any atom is 0.252 e. The van der Waals surface area contributed by atoms with Crippen molar-refractivity contribution in [1.82, 2.24) is 4.57 Å². The maximum atomic E-state index is 6.64. The second-order valence-electron chi connectivity index (χ2n) is 25.9. The number of hydrogen-bond donors (Lipinski definition) is 0. The lowest BCUT2D eigenvalue weighted by molar-refractivity contribution is 0.590. The Balaban J connectivity index is 1.00. The number of aromatic nitrogens is 1. The van der Waals surface area contributed by atoms with Crippen LogP contribution in [-0.2, 0) is 10.8 Å². The number of para-hydroxylation sites is 3. The fourth-order valence-corrected chi connectivity index (χ4v) is 14.5. The van der Waals surface area contributed by atoms with E-state index in [1.807, 2.05) is 0 Å². The van der Waals surface area contributed by atoms with Crippen LogP contribution in [-0.4, -0.2) is 11.3 Å². The van der Waals surface area contributed by atoms with Gasteiger partial charge >= 0.3 is 0 Å². The van der Waals surface area contributed by atoms with Gasteiger partial charge in [0.05, 0.1) is 16.7 Å². The fourth-order valence-electron chi connectivity index (χ4n) is 14.5. The molecule has 14 aromatic rings. The van der Waals surface area contributed by atoms with Crippen LogP contribution in [0.2, 0.25) is 0 Å². The number of hydrogen-bond acceptors (Lipinski definition) is 4. The van der Waals surface area contributed by atoms with Crippen LogP contribution in [0.5, 0.6) is 0 Å². The molecule has 0 N–H and O–H groups in total. The molecule has 0 spiro atoms. The largest absolute Gasteiger partial charge is 0.456 e. The van der Waals surface area contributed by atoms with Gasteiger partial charge in [-0.25, -0.2) is 0 Å². The van der Waals surface area contributed by atoms with Crippen molar-refractivity contribution in [3.05, 3.63) is 258 Å². The summed E-state index contributed by atoms with van der Waals surface area (Å²) in [5, 5.41) is 9.62. The summed E-state index contributed by atoms with van der Waals surface area (Å²) in [7, 11) is 0. The third-order valence-corrected chi connectivity index (χ3v) is 18.5. The number of fused-ring (bicyclic) bond motifs is 13. The average molecular weight is 1100 g/mol. The highest BCUT2D eigenvalue weighted by Gasteiger charge is 2.44. The first-order valence-corrected chi connectivity index (χ1v) is 30.0. The molecule has 0 fully saturated rings. The van der Waals surface area contributed by atoms with Crippen molar-refractivity contribution >= 4 is 140 Å². The van der Waals surface area contributed by atoms with E-state index in [0.29, 0.717) is 0 Å². The Labute approximate surface area is 497 Å². The molecule has 2 aliphatic heterocycles. The fraction of sp³-hybridized carbons (Fsp3) is 0.139. The Bertz CT molecular complexity index is 5080. The zero-order valence-electron chi connectivity index (χ0n) is 49.7. The van der Waals surface area contributed by atoms with Crippen LogP contribution in [0, 0.1) is 20.8 Å². The van der Waals surface area contributed by atoms with Crippen molar-refractivity contribution in [1.29, 1.82) is 0 Å². The van der Waals surface area contributed by atoms with Gasteiger partial charge in [-0.2, -0.15) is 0 Å². The molecular weight excluding hydrogens is 1030 g/mol. The second kappa shape index (κ2) is 18.6. The molecular formula is C79H65BN4O. The number of benzene rings is 12. The first-order valence-electron chi connectivity index (χ1n) is 30.0. The van der Waals surface area contributed by atoms with Gasteiger partial charge in [0.1, 0.15) is 11.2 Å². The first-order chi connectivity index (χ1) is 41.2. The van der Waals surface area contributed by atoms with E-state index in [1.165, 1.54) is 99.1 Å². The van der Waals surface area contributed by atoms with E-state index in [9.17, 15) is 0 Å². The van der Waals surface area contributed by atoms with E-state index >= 15 is 0 Å². The summed E-state index contributed by atoms with van der Waals surface area (Å²) in [6.07, 6.45) is 0. The lowest BCUT2D eigenvalue weighted by Gasteiger charge is -2.45. The highest BCUT2D eigenvalue weighted by atomic mass is 16.3. The van der Waals surface area contributed by atoms with E-state index in [-0.39, 0.29) is 17.5 Å². The number of rotatable bonds is 6. The summed E-state index contributed by atoms with van der Waals surface area (Å²) in [6.45, 7) is 20.5. The van der Waals surface area contributed by atoms with Crippen molar-refractivity contribution in [3.8, 4) is 5.69 Å². The van der Waals surface area contributed by atoms with Gasteiger partial charge in [0.2, 0.25) is 0 Å². The van der Waals surface area contributed by atoms with Gasteiger partial charge in [-0.05, 0) is 194 Å². The SMILES string of the molecule is Cc1cc2c3c(c1)N(c1ccc(C(C)(C)C)cc1)c1cc4c(cc1B3c1ccc(N(c3ccc5ccc6ccccc6c5c3)c3c(C)cc5oc6ccccc6c5c3C)cc1N2c1ccc(C(C)(C)C)cc1)c1ccccc1n4-c1ccccc1. The molecule has 0 saturated heterocycles. The Hall–Kier alpha value is -9.78. The van der Waals surface area contributed by atoms with E-state index in [2.05, 4.69) is 312 Å². The lowest BCUT2D eigenvalue weighted by atomic mass is 9.33. The normalized spacial score (nSPS) is 13.2. The number of aryl methyl sites for hydroxylation is 3. The third-order valence-electron chi connectivity index (χ3n) is 18.5. The lowest BCUT2D eigenvalue weighted by Crippen LogP contribution is -2.61. The van der Waals surface area contributed by atoms with E-state index in [4.69, 9.17) is 4.42 Å². The minimum atomic E-state index is -0.124. The first kappa shape index (κ1) is 50.9. The molecule has 0 aliphatic carbocycles. The van der Waals surface area contributed by atoms with Crippen molar-refractivity contribution in [2.45, 2.75) is 73.1 Å². The molecule has 0 amide bonds. The zero-order chi connectivity index (χ0) is 57.8. The molecule has 85 heavy (non-hydrogen) atoms. The molecule has 6 heteroatoms. The monoisotopic (exact) mass is 1100 g/mol. The summed E-state index contributed by atoms with van der Waals surface area (Å²) in [4.78, 5) is 7.69. The van der Waals surface area contributed by atoms with Crippen LogP contribution >= 0.6 is 0 Å². The Kier molecular flexibility index (Phi) is 11.1. The molecule has 0 radical (unpaired) electrons. The number of nitrogens with zero attached hydrogens (tertiary/aromatic N) is 4. The summed E-state index contributed by atoms with van der Waals surface area (Å²) in [6, 6.07) is 86.9. The Morgan fingerprint density at radius 2 is 0.965 bits per heavy atom. The number of furan rings is 1. The molecule has 0 unspecified atom stereocenters.